The molecule has 3 aromatic rings. The minimum atomic E-state index is 0.135. The SMILES string of the molecule is COc1ccc(CCC(=O)N2CCCC2c2nc3ccccc3s2)cc1. The molecule has 1 aliphatic heterocycles. The van der Waals surface area contributed by atoms with Gasteiger partial charge >= 0.3 is 0 Å². The second kappa shape index (κ2) is 7.46. The molecular weight excluding hydrogens is 344 g/mol. The van der Waals surface area contributed by atoms with Crippen molar-refractivity contribution >= 4 is 27.5 Å². The number of hydrogen-bond donors (Lipinski definition) is 0. The van der Waals surface area contributed by atoms with E-state index in [4.69, 9.17) is 9.72 Å². The van der Waals surface area contributed by atoms with Gasteiger partial charge < -0.3 is 9.64 Å². The van der Waals surface area contributed by atoms with Crippen molar-refractivity contribution < 1.29 is 9.53 Å². The summed E-state index contributed by atoms with van der Waals surface area (Å²) in [6.45, 7) is 0.835. The lowest BCUT2D eigenvalue weighted by molar-refractivity contribution is -0.132. The van der Waals surface area contributed by atoms with Crippen LogP contribution in [0.3, 0.4) is 0 Å². The Hall–Kier alpha value is -2.40. The average molecular weight is 366 g/mol. The minimum Gasteiger partial charge on any atom is -0.497 e. The smallest absolute Gasteiger partial charge is 0.223 e. The number of aryl methyl sites for hydroxylation is 1. The maximum atomic E-state index is 12.8. The molecule has 5 heteroatoms. The van der Waals surface area contributed by atoms with E-state index in [1.807, 2.05) is 47.4 Å². The first-order valence-electron chi connectivity index (χ1n) is 9.02. The number of carbonyl (C=O) groups is 1. The van der Waals surface area contributed by atoms with E-state index in [2.05, 4.69) is 6.07 Å². The van der Waals surface area contributed by atoms with Gasteiger partial charge in [-0.1, -0.05) is 24.3 Å². The molecule has 0 N–H and O–H groups in total. The molecule has 1 aromatic heterocycles. The van der Waals surface area contributed by atoms with Crippen molar-refractivity contribution in [3.8, 4) is 5.75 Å². The summed E-state index contributed by atoms with van der Waals surface area (Å²) >= 11 is 1.72. The number of rotatable bonds is 5. The number of nitrogens with zero attached hydrogens (tertiary/aromatic N) is 2. The van der Waals surface area contributed by atoms with Gasteiger partial charge in [0.2, 0.25) is 5.91 Å². The second-order valence-corrected chi connectivity index (χ2v) is 7.68. The molecule has 2 aromatic carbocycles. The summed E-state index contributed by atoms with van der Waals surface area (Å²) in [6, 6.07) is 16.3. The lowest BCUT2D eigenvalue weighted by Gasteiger charge is -2.23. The maximum absolute atomic E-state index is 12.8. The van der Waals surface area contributed by atoms with Crippen LogP contribution in [-0.4, -0.2) is 29.4 Å². The highest BCUT2D eigenvalue weighted by molar-refractivity contribution is 7.18. The van der Waals surface area contributed by atoms with Crippen LogP contribution in [0.2, 0.25) is 0 Å². The van der Waals surface area contributed by atoms with Gasteiger partial charge in [-0.2, -0.15) is 0 Å². The highest BCUT2D eigenvalue weighted by Gasteiger charge is 2.31. The Bertz CT molecular complexity index is 871. The summed E-state index contributed by atoms with van der Waals surface area (Å²) in [7, 11) is 1.66. The van der Waals surface area contributed by atoms with Gasteiger partial charge in [0.1, 0.15) is 10.8 Å². The summed E-state index contributed by atoms with van der Waals surface area (Å²) in [4.78, 5) is 19.6. The van der Waals surface area contributed by atoms with E-state index >= 15 is 0 Å². The number of methoxy groups -OCH3 is 1. The maximum Gasteiger partial charge on any atom is 0.223 e. The zero-order valence-electron chi connectivity index (χ0n) is 14.9. The Kier molecular flexibility index (Phi) is 4.89. The second-order valence-electron chi connectivity index (χ2n) is 6.61. The number of carbonyl (C=O) groups excluding carboxylic acids is 1. The lowest BCUT2D eigenvalue weighted by Crippen LogP contribution is -2.30. The fraction of sp³-hybridized carbons (Fsp3) is 0.333. The molecule has 0 saturated carbocycles. The molecule has 1 unspecified atom stereocenters. The molecule has 4 rings (SSSR count). The molecule has 1 saturated heterocycles. The van der Waals surface area contributed by atoms with Crippen LogP contribution in [0.4, 0.5) is 0 Å². The first-order valence-corrected chi connectivity index (χ1v) is 9.84. The zero-order valence-corrected chi connectivity index (χ0v) is 15.7. The molecule has 0 radical (unpaired) electrons. The van der Waals surface area contributed by atoms with Gasteiger partial charge in [0, 0.05) is 13.0 Å². The van der Waals surface area contributed by atoms with Gasteiger partial charge in [-0.25, -0.2) is 4.98 Å². The summed E-state index contributed by atoms with van der Waals surface area (Å²) < 4.78 is 6.38. The number of aromatic nitrogens is 1. The van der Waals surface area contributed by atoms with Gasteiger partial charge in [-0.15, -0.1) is 11.3 Å². The molecule has 4 nitrogen and oxygen atoms in total. The Labute approximate surface area is 157 Å². The van der Waals surface area contributed by atoms with E-state index in [-0.39, 0.29) is 11.9 Å². The van der Waals surface area contributed by atoms with E-state index in [1.165, 1.54) is 4.70 Å². The molecule has 134 valence electrons. The van der Waals surface area contributed by atoms with Gasteiger partial charge in [-0.05, 0) is 49.1 Å². The highest BCUT2D eigenvalue weighted by Crippen LogP contribution is 2.36. The van der Waals surface area contributed by atoms with Crippen molar-refractivity contribution in [2.75, 3.05) is 13.7 Å². The summed E-state index contributed by atoms with van der Waals surface area (Å²) in [5.74, 6) is 1.07. The van der Waals surface area contributed by atoms with Gasteiger partial charge in [0.25, 0.3) is 0 Å². The monoisotopic (exact) mass is 366 g/mol. The van der Waals surface area contributed by atoms with Crippen LogP contribution in [0, 0.1) is 0 Å². The van der Waals surface area contributed by atoms with E-state index < -0.39 is 0 Å². The van der Waals surface area contributed by atoms with Crippen molar-refractivity contribution in [3.63, 3.8) is 0 Å². The third-order valence-electron chi connectivity index (χ3n) is 4.96. The first kappa shape index (κ1) is 17.0. The topological polar surface area (TPSA) is 42.4 Å². The van der Waals surface area contributed by atoms with Gasteiger partial charge in [0.05, 0.1) is 23.4 Å². The third-order valence-corrected chi connectivity index (χ3v) is 6.09. The number of ether oxygens (including phenoxy) is 1. The van der Waals surface area contributed by atoms with Gasteiger partial charge in [-0.3, -0.25) is 4.79 Å². The van der Waals surface area contributed by atoms with Crippen LogP contribution in [0.25, 0.3) is 10.2 Å². The standard InChI is InChI=1S/C21H22N2O2S/c1-25-16-11-8-15(9-12-16)10-13-20(24)23-14-4-6-18(23)21-22-17-5-2-3-7-19(17)26-21/h2-3,5,7-9,11-12,18H,4,6,10,13-14H2,1H3. The number of benzene rings is 2. The van der Waals surface area contributed by atoms with Crippen LogP contribution in [0.1, 0.15) is 35.9 Å². The quantitative estimate of drug-likeness (QED) is 0.663. The molecule has 2 heterocycles. The molecule has 1 fully saturated rings. The van der Waals surface area contributed by atoms with Crippen molar-refractivity contribution in [3.05, 3.63) is 59.1 Å². The molecule has 1 amide bonds. The normalized spacial score (nSPS) is 17.0. The van der Waals surface area contributed by atoms with Crippen LogP contribution < -0.4 is 4.74 Å². The number of para-hydroxylation sites is 1. The van der Waals surface area contributed by atoms with Gasteiger partial charge in [0.15, 0.2) is 0 Å². The largest absolute Gasteiger partial charge is 0.497 e. The van der Waals surface area contributed by atoms with Crippen LogP contribution >= 0.6 is 11.3 Å². The van der Waals surface area contributed by atoms with E-state index in [0.29, 0.717) is 6.42 Å². The zero-order chi connectivity index (χ0) is 17.9. The minimum absolute atomic E-state index is 0.135. The molecule has 0 aliphatic carbocycles. The Morgan fingerprint density at radius 3 is 2.81 bits per heavy atom. The Balaban J connectivity index is 1.44. The Morgan fingerprint density at radius 1 is 1.23 bits per heavy atom. The van der Waals surface area contributed by atoms with Crippen LogP contribution in [0.15, 0.2) is 48.5 Å². The third kappa shape index (κ3) is 3.44. The molecule has 1 atom stereocenters. The number of hydrogen-bond acceptors (Lipinski definition) is 4. The predicted octanol–water partition coefficient (Wildman–Crippen LogP) is 4.60. The van der Waals surface area contributed by atoms with E-state index in [1.54, 1.807) is 18.4 Å². The number of thiazole rings is 1. The van der Waals surface area contributed by atoms with Crippen molar-refractivity contribution in [1.29, 1.82) is 0 Å². The Morgan fingerprint density at radius 2 is 2.04 bits per heavy atom. The van der Waals surface area contributed by atoms with E-state index in [0.717, 1.165) is 47.6 Å². The van der Waals surface area contributed by atoms with Crippen molar-refractivity contribution in [1.82, 2.24) is 9.88 Å². The first-order chi connectivity index (χ1) is 12.7. The molecule has 0 spiro atoms. The van der Waals surface area contributed by atoms with E-state index in [9.17, 15) is 4.79 Å². The summed E-state index contributed by atoms with van der Waals surface area (Å²) in [6.07, 6.45) is 3.35. The number of fused-ring (bicyclic) bond motifs is 1. The fourth-order valence-electron chi connectivity index (χ4n) is 3.54. The van der Waals surface area contributed by atoms with Crippen LogP contribution in [-0.2, 0) is 11.2 Å². The fourth-order valence-corrected chi connectivity index (χ4v) is 4.66. The van der Waals surface area contributed by atoms with Crippen LogP contribution in [0.5, 0.6) is 5.75 Å². The predicted molar refractivity (Wildman–Crippen MR) is 105 cm³/mol. The van der Waals surface area contributed by atoms with Crippen molar-refractivity contribution in [2.45, 2.75) is 31.7 Å². The lowest BCUT2D eigenvalue weighted by atomic mass is 10.1. The summed E-state index contributed by atoms with van der Waals surface area (Å²) in [5, 5.41) is 1.07. The molecular formula is C21H22N2O2S. The van der Waals surface area contributed by atoms with Crippen molar-refractivity contribution in [2.24, 2.45) is 0 Å². The summed E-state index contributed by atoms with van der Waals surface area (Å²) in [5.41, 5.74) is 2.19. The molecule has 1 aliphatic rings. The number of likely N-dealkylation sites (tertiary alicyclic amines) is 1. The average Bonchev–Trinajstić information content (AvgIpc) is 3.32. The number of amides is 1. The molecule has 0 bridgehead atoms. The highest BCUT2D eigenvalue weighted by atomic mass is 32.1. The molecule has 26 heavy (non-hydrogen) atoms.